The zero-order valence-electron chi connectivity index (χ0n) is 30.3. The Morgan fingerprint density at radius 2 is 1.49 bits per heavy atom. The third kappa shape index (κ3) is 8.05. The molecular formula is C46H53N3. The van der Waals surface area contributed by atoms with E-state index in [0.29, 0.717) is 11.8 Å². The summed E-state index contributed by atoms with van der Waals surface area (Å²) >= 11 is 0. The monoisotopic (exact) mass is 647 g/mol. The lowest BCUT2D eigenvalue weighted by Gasteiger charge is -2.34. The van der Waals surface area contributed by atoms with Crippen molar-refractivity contribution in [1.29, 1.82) is 0 Å². The molecule has 0 fully saturated rings. The van der Waals surface area contributed by atoms with Gasteiger partial charge in [-0.2, -0.15) is 0 Å². The average molecular weight is 648 g/mol. The molecular weight excluding hydrogens is 595 g/mol. The van der Waals surface area contributed by atoms with Crippen molar-refractivity contribution in [2.75, 3.05) is 17.3 Å². The van der Waals surface area contributed by atoms with Gasteiger partial charge in [-0.15, -0.1) is 0 Å². The summed E-state index contributed by atoms with van der Waals surface area (Å²) in [5.74, 6) is 0.941. The quantitative estimate of drug-likeness (QED) is 0.138. The molecule has 0 spiro atoms. The number of hydrogen-bond acceptors (Lipinski definition) is 3. The van der Waals surface area contributed by atoms with Crippen LogP contribution in [-0.4, -0.2) is 18.8 Å². The van der Waals surface area contributed by atoms with Crippen molar-refractivity contribution in [3.63, 3.8) is 0 Å². The van der Waals surface area contributed by atoms with Crippen molar-refractivity contribution in [3.05, 3.63) is 162 Å². The van der Waals surface area contributed by atoms with Gasteiger partial charge in [-0.25, -0.2) is 0 Å². The number of anilines is 3. The highest BCUT2D eigenvalue weighted by molar-refractivity contribution is 6.10. The molecule has 252 valence electrons. The molecule has 0 saturated carbocycles. The highest BCUT2D eigenvalue weighted by Gasteiger charge is 2.31. The molecule has 0 radical (unpaired) electrons. The summed E-state index contributed by atoms with van der Waals surface area (Å²) in [6.07, 6.45) is 8.71. The molecule has 4 aromatic carbocycles. The fourth-order valence-corrected chi connectivity index (χ4v) is 7.05. The Hall–Kier alpha value is -4.89. The summed E-state index contributed by atoms with van der Waals surface area (Å²) in [4.78, 5) is 7.54. The zero-order valence-corrected chi connectivity index (χ0v) is 30.3. The standard InChI is InChI=1S/C46H53N3/c1-10-19-33(7)26-27-39-37-22-15-16-23-38(37)42(11-2)47-44(39)28-34(8)49(9)45-25-18-17-24-43(45)48-46-40(31(3)4)29-36(30-41(46)32(5)6)35-20-13-12-14-21-35/h10-25,29-32,39,44,48H,2,7-8,26-28H2,1,3-6,9H3/b19-10-. The molecule has 1 aliphatic heterocycles. The van der Waals surface area contributed by atoms with Crippen LogP contribution in [0.3, 0.4) is 0 Å². The maximum Gasteiger partial charge on any atom is 0.0647 e. The van der Waals surface area contributed by atoms with Crippen molar-refractivity contribution in [2.24, 2.45) is 4.99 Å². The molecule has 2 unspecified atom stereocenters. The first-order chi connectivity index (χ1) is 23.6. The van der Waals surface area contributed by atoms with Crippen molar-refractivity contribution in [3.8, 4) is 11.1 Å². The number of aliphatic imine (C=N–C) groups is 1. The largest absolute Gasteiger partial charge is 0.353 e. The van der Waals surface area contributed by atoms with Gasteiger partial charge in [0.25, 0.3) is 0 Å². The third-order valence-corrected chi connectivity index (χ3v) is 9.77. The molecule has 0 aromatic heterocycles. The molecule has 3 nitrogen and oxygen atoms in total. The van der Waals surface area contributed by atoms with Crippen LogP contribution in [0, 0.1) is 0 Å². The van der Waals surface area contributed by atoms with E-state index in [2.05, 4.69) is 168 Å². The molecule has 4 aromatic rings. The van der Waals surface area contributed by atoms with E-state index in [4.69, 9.17) is 4.99 Å². The molecule has 0 bridgehead atoms. The van der Waals surface area contributed by atoms with Gasteiger partial charge in [0.1, 0.15) is 0 Å². The average Bonchev–Trinajstić information content (AvgIpc) is 3.11. The minimum absolute atomic E-state index is 0.0435. The summed E-state index contributed by atoms with van der Waals surface area (Å²) in [5, 5.41) is 3.93. The highest BCUT2D eigenvalue weighted by atomic mass is 15.1. The summed E-state index contributed by atoms with van der Waals surface area (Å²) < 4.78 is 0. The Balaban J connectivity index is 1.47. The minimum Gasteiger partial charge on any atom is -0.353 e. The number of benzene rings is 4. The van der Waals surface area contributed by atoms with Crippen LogP contribution in [0.4, 0.5) is 17.1 Å². The fourth-order valence-electron chi connectivity index (χ4n) is 7.05. The van der Waals surface area contributed by atoms with Crippen LogP contribution < -0.4 is 10.2 Å². The first-order valence-electron chi connectivity index (χ1n) is 17.7. The number of para-hydroxylation sites is 2. The second kappa shape index (κ2) is 16.0. The van der Waals surface area contributed by atoms with Gasteiger partial charge in [-0.1, -0.05) is 132 Å². The van der Waals surface area contributed by atoms with Crippen LogP contribution >= 0.6 is 0 Å². The van der Waals surface area contributed by atoms with E-state index in [0.717, 1.165) is 47.6 Å². The second-order valence-electron chi connectivity index (χ2n) is 13.9. The van der Waals surface area contributed by atoms with Gasteiger partial charge in [-0.05, 0) is 89.8 Å². The molecule has 1 heterocycles. The lowest BCUT2D eigenvalue weighted by Crippen LogP contribution is -2.29. The van der Waals surface area contributed by atoms with Gasteiger partial charge in [-0.3, -0.25) is 4.99 Å². The summed E-state index contributed by atoms with van der Waals surface area (Å²) in [6.45, 7) is 24.2. The lowest BCUT2D eigenvalue weighted by atomic mass is 9.79. The Bertz CT molecular complexity index is 1830. The number of allylic oxidation sites excluding steroid dienone is 4. The topological polar surface area (TPSA) is 27.6 Å². The predicted octanol–water partition coefficient (Wildman–Crippen LogP) is 12.7. The smallest absolute Gasteiger partial charge is 0.0647 e. The molecule has 3 heteroatoms. The highest BCUT2D eigenvalue weighted by Crippen LogP contribution is 2.42. The molecule has 5 rings (SSSR count). The number of nitrogens with one attached hydrogen (secondary N) is 1. The number of hydrogen-bond donors (Lipinski definition) is 1. The van der Waals surface area contributed by atoms with E-state index in [9.17, 15) is 0 Å². The maximum atomic E-state index is 5.30. The van der Waals surface area contributed by atoms with Crippen LogP contribution in [0.2, 0.25) is 0 Å². The van der Waals surface area contributed by atoms with Crippen molar-refractivity contribution >= 4 is 22.8 Å². The summed E-state index contributed by atoms with van der Waals surface area (Å²) in [6, 6.07) is 32.7. The SMILES string of the molecule is C=CC1=NC(CC(=C)N(C)c2ccccc2Nc2c(C(C)C)cc(-c3ccccc3)cc2C(C)C)C(CCC(=C)/C=C\C)c2ccccc21. The predicted molar refractivity (Wildman–Crippen MR) is 215 cm³/mol. The molecule has 2 atom stereocenters. The van der Waals surface area contributed by atoms with Crippen LogP contribution in [0.5, 0.6) is 0 Å². The van der Waals surface area contributed by atoms with Gasteiger partial charge in [0.05, 0.1) is 23.1 Å². The zero-order chi connectivity index (χ0) is 35.1. The molecule has 0 saturated heterocycles. The van der Waals surface area contributed by atoms with E-state index in [-0.39, 0.29) is 12.0 Å². The lowest BCUT2D eigenvalue weighted by molar-refractivity contribution is 0.490. The van der Waals surface area contributed by atoms with Crippen molar-refractivity contribution < 1.29 is 0 Å². The van der Waals surface area contributed by atoms with Gasteiger partial charge in [0.15, 0.2) is 0 Å². The van der Waals surface area contributed by atoms with Crippen LogP contribution in [0.15, 0.2) is 145 Å². The number of nitrogens with zero attached hydrogens (tertiary/aromatic N) is 2. The number of rotatable bonds is 14. The van der Waals surface area contributed by atoms with Gasteiger partial charge in [0, 0.05) is 36.3 Å². The second-order valence-corrected chi connectivity index (χ2v) is 13.9. The van der Waals surface area contributed by atoms with Gasteiger partial charge in [0.2, 0.25) is 0 Å². The Labute approximate surface area is 295 Å². The van der Waals surface area contributed by atoms with Crippen molar-refractivity contribution in [1.82, 2.24) is 0 Å². The molecule has 49 heavy (non-hydrogen) atoms. The normalized spacial score (nSPS) is 15.6. The fraction of sp³-hybridized carbons (Fsp3) is 0.283. The van der Waals surface area contributed by atoms with Crippen molar-refractivity contribution in [2.45, 2.75) is 77.7 Å². The molecule has 1 aliphatic rings. The van der Waals surface area contributed by atoms with E-state index < -0.39 is 0 Å². The Morgan fingerprint density at radius 1 is 0.857 bits per heavy atom. The molecule has 0 amide bonds. The summed E-state index contributed by atoms with van der Waals surface area (Å²) in [5.41, 5.74) is 14.1. The van der Waals surface area contributed by atoms with Crippen LogP contribution in [-0.2, 0) is 0 Å². The summed E-state index contributed by atoms with van der Waals surface area (Å²) in [7, 11) is 2.13. The number of fused-ring (bicyclic) bond motifs is 1. The maximum absolute atomic E-state index is 5.30. The van der Waals surface area contributed by atoms with Gasteiger partial charge < -0.3 is 10.2 Å². The molecule has 1 N–H and O–H groups in total. The van der Waals surface area contributed by atoms with E-state index in [1.807, 2.05) is 13.0 Å². The van der Waals surface area contributed by atoms with E-state index >= 15 is 0 Å². The van der Waals surface area contributed by atoms with Gasteiger partial charge >= 0.3 is 0 Å². The van der Waals surface area contributed by atoms with E-state index in [1.54, 1.807) is 0 Å². The van der Waals surface area contributed by atoms with E-state index in [1.165, 1.54) is 39.1 Å². The first kappa shape index (κ1) is 35.4. The Morgan fingerprint density at radius 3 is 2.14 bits per heavy atom. The first-order valence-corrected chi connectivity index (χ1v) is 17.7. The molecule has 0 aliphatic carbocycles. The van der Waals surface area contributed by atoms with Crippen LogP contribution in [0.1, 0.15) is 93.9 Å². The van der Waals surface area contributed by atoms with Crippen LogP contribution in [0.25, 0.3) is 11.1 Å². The third-order valence-electron chi connectivity index (χ3n) is 9.77. The minimum atomic E-state index is 0.0435. The Kier molecular flexibility index (Phi) is 11.6.